The van der Waals surface area contributed by atoms with Crippen LogP contribution >= 0.6 is 0 Å². The number of hydrogen-bond donors (Lipinski definition) is 2. The molecule has 3 aromatic rings. The van der Waals surface area contributed by atoms with Gasteiger partial charge in [-0.1, -0.05) is 27.7 Å². The van der Waals surface area contributed by atoms with Crippen molar-refractivity contribution in [1.29, 1.82) is 5.26 Å². The maximum Gasteiger partial charge on any atom is 0.228 e. The van der Waals surface area contributed by atoms with E-state index in [-0.39, 0.29) is 16.1 Å². The summed E-state index contributed by atoms with van der Waals surface area (Å²) in [6.45, 7) is 21.7. The molecule has 0 amide bonds. The zero-order valence-corrected chi connectivity index (χ0v) is 27.3. The molecule has 41 heavy (non-hydrogen) atoms. The fraction of sp³-hybridized carbons (Fsp3) is 0.548. The van der Waals surface area contributed by atoms with Crippen molar-refractivity contribution in [2.45, 2.75) is 90.6 Å². The van der Waals surface area contributed by atoms with E-state index in [9.17, 15) is 5.26 Å². The molecule has 3 heterocycles. The highest BCUT2D eigenvalue weighted by atomic mass is 28.4. The molecule has 10 heteroatoms. The molecule has 0 saturated heterocycles. The van der Waals surface area contributed by atoms with Gasteiger partial charge in [0.1, 0.15) is 6.07 Å². The van der Waals surface area contributed by atoms with E-state index >= 15 is 0 Å². The van der Waals surface area contributed by atoms with Crippen LogP contribution in [0.25, 0.3) is 11.3 Å². The predicted molar refractivity (Wildman–Crippen MR) is 167 cm³/mol. The number of hydrogen-bond acceptors (Lipinski definition) is 8. The van der Waals surface area contributed by atoms with Gasteiger partial charge < -0.3 is 19.8 Å². The Morgan fingerprint density at radius 1 is 1.20 bits per heavy atom. The summed E-state index contributed by atoms with van der Waals surface area (Å²) in [5.41, 5.74) is 4.76. The number of nitriles is 1. The molecule has 220 valence electrons. The zero-order valence-electron chi connectivity index (χ0n) is 26.3. The Bertz CT molecular complexity index is 1450. The SMILES string of the molecule is COC(C)(C)CCn1nc(Nc2nccc(-c3cc(C#N)c4c(c3)[C@@](C)(CO[Si](C)(C)C(C)(C)C)CN4)n2)cc1C. The highest BCUT2D eigenvalue weighted by Gasteiger charge is 2.42. The molecule has 2 aromatic heterocycles. The maximum atomic E-state index is 10.0. The molecule has 1 aliphatic heterocycles. The third-order valence-corrected chi connectivity index (χ3v) is 13.3. The van der Waals surface area contributed by atoms with Crippen LogP contribution in [0.2, 0.25) is 18.1 Å². The second kappa shape index (κ2) is 11.2. The Morgan fingerprint density at radius 3 is 2.59 bits per heavy atom. The van der Waals surface area contributed by atoms with Crippen LogP contribution in [0.3, 0.4) is 0 Å². The van der Waals surface area contributed by atoms with Crippen LogP contribution < -0.4 is 10.6 Å². The van der Waals surface area contributed by atoms with Gasteiger partial charge in [-0.3, -0.25) is 4.68 Å². The lowest BCUT2D eigenvalue weighted by molar-refractivity contribution is 0.0112. The number of nitrogens with zero attached hydrogens (tertiary/aromatic N) is 5. The lowest BCUT2D eigenvalue weighted by Gasteiger charge is -2.39. The van der Waals surface area contributed by atoms with Crippen molar-refractivity contribution in [2.75, 3.05) is 30.9 Å². The van der Waals surface area contributed by atoms with Gasteiger partial charge in [0.2, 0.25) is 5.95 Å². The molecule has 0 radical (unpaired) electrons. The molecule has 0 bridgehead atoms. The monoisotopic (exact) mass is 575 g/mol. The number of aromatic nitrogens is 4. The molecule has 2 N–H and O–H groups in total. The quantitative estimate of drug-likeness (QED) is 0.255. The van der Waals surface area contributed by atoms with Crippen LogP contribution in [-0.2, 0) is 21.1 Å². The van der Waals surface area contributed by atoms with Crippen molar-refractivity contribution in [3.8, 4) is 17.3 Å². The first-order valence-corrected chi connectivity index (χ1v) is 17.1. The molecule has 1 atom stereocenters. The zero-order chi connectivity index (χ0) is 30.2. The highest BCUT2D eigenvalue weighted by Crippen LogP contribution is 2.44. The Morgan fingerprint density at radius 2 is 1.93 bits per heavy atom. The van der Waals surface area contributed by atoms with Crippen molar-refractivity contribution in [3.05, 3.63) is 47.3 Å². The van der Waals surface area contributed by atoms with Gasteiger partial charge >= 0.3 is 0 Å². The smallest absolute Gasteiger partial charge is 0.228 e. The molecule has 0 aliphatic carbocycles. The van der Waals surface area contributed by atoms with Crippen molar-refractivity contribution in [3.63, 3.8) is 0 Å². The first-order chi connectivity index (χ1) is 19.1. The fourth-order valence-electron chi connectivity index (χ4n) is 4.58. The number of rotatable bonds is 10. The molecule has 0 spiro atoms. The van der Waals surface area contributed by atoms with Crippen LogP contribution in [0.5, 0.6) is 0 Å². The van der Waals surface area contributed by atoms with Crippen LogP contribution in [0.4, 0.5) is 17.5 Å². The van der Waals surface area contributed by atoms with Gasteiger partial charge in [0.05, 0.1) is 22.5 Å². The van der Waals surface area contributed by atoms with E-state index in [2.05, 4.69) is 82.4 Å². The summed E-state index contributed by atoms with van der Waals surface area (Å²) in [4.78, 5) is 9.23. The van der Waals surface area contributed by atoms with Gasteiger partial charge in [-0.15, -0.1) is 0 Å². The standard InChI is InChI=1S/C31H45N7O2Si/c1-21-15-26(37-38(21)14-12-30(5,6)39-8)36-28-33-13-11-25(35-28)22-16-23(18-32)27-24(17-22)31(7,19-34-27)20-40-41(9,10)29(2,3)4/h11,13,15-17,34H,12,14,19-20H2,1-10H3,(H,33,35,36,37)/t31-/m1/s1. The first-order valence-electron chi connectivity index (χ1n) is 14.2. The highest BCUT2D eigenvalue weighted by molar-refractivity contribution is 6.74. The molecule has 1 aromatic carbocycles. The average Bonchev–Trinajstić information content (AvgIpc) is 3.44. The lowest BCUT2D eigenvalue weighted by atomic mass is 9.83. The minimum absolute atomic E-state index is 0.122. The third-order valence-electron chi connectivity index (χ3n) is 8.77. The van der Waals surface area contributed by atoms with Crippen molar-refractivity contribution in [1.82, 2.24) is 19.7 Å². The van der Waals surface area contributed by atoms with E-state index in [1.165, 1.54) is 0 Å². The molecule has 0 unspecified atom stereocenters. The average molecular weight is 576 g/mol. The normalized spacial score (nSPS) is 17.2. The van der Waals surface area contributed by atoms with E-state index in [1.807, 2.05) is 29.8 Å². The van der Waals surface area contributed by atoms with Gasteiger partial charge in [-0.05, 0) is 69.1 Å². The van der Waals surface area contributed by atoms with Gasteiger partial charge in [-0.25, -0.2) is 9.97 Å². The molecular formula is C31H45N7O2Si. The molecule has 1 aliphatic rings. The lowest BCUT2D eigenvalue weighted by Crippen LogP contribution is -2.45. The Kier molecular flexibility index (Phi) is 8.38. The number of methoxy groups -OCH3 is 1. The van der Waals surface area contributed by atoms with Crippen LogP contribution in [0.15, 0.2) is 30.5 Å². The minimum atomic E-state index is -1.94. The largest absolute Gasteiger partial charge is 0.416 e. The molecular weight excluding hydrogens is 530 g/mol. The van der Waals surface area contributed by atoms with E-state index in [1.54, 1.807) is 13.3 Å². The fourth-order valence-corrected chi connectivity index (χ4v) is 5.69. The number of nitrogens with one attached hydrogen (secondary N) is 2. The topological polar surface area (TPSA) is 110 Å². The van der Waals surface area contributed by atoms with Crippen molar-refractivity contribution in [2.24, 2.45) is 0 Å². The Balaban J connectivity index is 1.59. The number of anilines is 3. The molecule has 4 rings (SSSR count). The van der Waals surface area contributed by atoms with Crippen LogP contribution in [0, 0.1) is 18.3 Å². The minimum Gasteiger partial charge on any atom is -0.416 e. The van der Waals surface area contributed by atoms with Crippen LogP contribution in [0.1, 0.15) is 64.8 Å². The van der Waals surface area contributed by atoms with Crippen molar-refractivity contribution >= 4 is 25.8 Å². The maximum absolute atomic E-state index is 10.0. The summed E-state index contributed by atoms with van der Waals surface area (Å²) in [6, 6.07) is 10.3. The van der Waals surface area contributed by atoms with E-state index in [0.29, 0.717) is 23.9 Å². The van der Waals surface area contributed by atoms with Gasteiger partial charge in [0.15, 0.2) is 14.1 Å². The van der Waals surface area contributed by atoms with Gasteiger partial charge in [-0.2, -0.15) is 10.4 Å². The molecule has 0 saturated carbocycles. The first kappa shape index (κ1) is 30.7. The summed E-state index contributed by atoms with van der Waals surface area (Å²) in [5, 5.41) is 21.6. The van der Waals surface area contributed by atoms with E-state index < -0.39 is 8.32 Å². The summed E-state index contributed by atoms with van der Waals surface area (Å²) in [6.07, 6.45) is 2.57. The van der Waals surface area contributed by atoms with E-state index in [4.69, 9.17) is 19.2 Å². The van der Waals surface area contributed by atoms with E-state index in [0.717, 1.165) is 47.7 Å². The predicted octanol–water partition coefficient (Wildman–Crippen LogP) is 6.78. The number of ether oxygens (including phenoxy) is 1. The summed E-state index contributed by atoms with van der Waals surface area (Å²) in [5.74, 6) is 1.13. The van der Waals surface area contributed by atoms with Gasteiger partial charge in [0, 0.05) is 55.7 Å². The summed E-state index contributed by atoms with van der Waals surface area (Å²) < 4.78 is 14.2. The Labute approximate surface area is 245 Å². The number of fused-ring (bicyclic) bond motifs is 1. The van der Waals surface area contributed by atoms with Crippen LogP contribution in [-0.4, -0.2) is 53.9 Å². The number of aryl methyl sites for hydroxylation is 2. The Hall–Kier alpha value is -3.26. The molecule has 0 fully saturated rings. The third kappa shape index (κ3) is 6.64. The summed E-state index contributed by atoms with van der Waals surface area (Å²) in [7, 11) is -0.210. The molecule has 9 nitrogen and oxygen atoms in total. The number of benzene rings is 1. The summed E-state index contributed by atoms with van der Waals surface area (Å²) >= 11 is 0. The second-order valence-corrected chi connectivity index (χ2v) is 18.3. The van der Waals surface area contributed by atoms with Crippen molar-refractivity contribution < 1.29 is 9.16 Å². The van der Waals surface area contributed by atoms with Gasteiger partial charge in [0.25, 0.3) is 0 Å². The second-order valence-electron chi connectivity index (χ2n) is 13.5.